The lowest BCUT2D eigenvalue weighted by molar-refractivity contribution is 1.27. The monoisotopic (exact) mass is 249 g/mol. The zero-order valence-corrected chi connectivity index (χ0v) is 10.7. The van der Waals surface area contributed by atoms with Crippen molar-refractivity contribution in [1.29, 1.82) is 0 Å². The first-order valence-corrected chi connectivity index (χ1v) is 6.12. The second-order valence-electron chi connectivity index (χ2n) is 4.11. The van der Waals surface area contributed by atoms with E-state index in [1.165, 1.54) is 6.20 Å². The van der Waals surface area contributed by atoms with Gasteiger partial charge in [0.25, 0.3) is 0 Å². The Morgan fingerprint density at radius 1 is 1.32 bits per heavy atom. The van der Waals surface area contributed by atoms with Gasteiger partial charge in [0, 0.05) is 5.59 Å². The van der Waals surface area contributed by atoms with Gasteiger partial charge in [-0.15, -0.1) is 0 Å². The summed E-state index contributed by atoms with van der Waals surface area (Å²) >= 11 is 0. The quantitative estimate of drug-likeness (QED) is 0.628. The molecule has 0 aliphatic carbocycles. The number of aromatic nitrogens is 1. The maximum atomic E-state index is 5.28. The third-order valence-corrected chi connectivity index (χ3v) is 2.72. The van der Waals surface area contributed by atoms with Crippen LogP contribution in [-0.4, -0.2) is 11.8 Å². The molecule has 4 heteroatoms. The van der Waals surface area contributed by atoms with E-state index in [4.69, 9.17) is 5.73 Å². The predicted octanol–water partition coefficient (Wildman–Crippen LogP) is 1.53. The minimum Gasteiger partial charge on any atom is -0.425 e. The van der Waals surface area contributed by atoms with E-state index in [-0.39, 0.29) is 6.85 Å². The number of hydrogen-bond donors (Lipinski definition) is 2. The SMILES string of the molecule is C=C(/C=C\C=C/N)c1cccc(B2C=CC=CN2)n1. The number of nitrogens with two attached hydrogens (primary N) is 1. The summed E-state index contributed by atoms with van der Waals surface area (Å²) in [5, 5.41) is 3.25. The van der Waals surface area contributed by atoms with Crippen LogP contribution in [0.25, 0.3) is 5.57 Å². The zero-order valence-electron chi connectivity index (χ0n) is 10.7. The third-order valence-electron chi connectivity index (χ3n) is 2.72. The van der Waals surface area contributed by atoms with E-state index < -0.39 is 0 Å². The third kappa shape index (κ3) is 3.49. The van der Waals surface area contributed by atoms with Gasteiger partial charge in [-0.25, -0.2) is 0 Å². The Hall–Kier alpha value is -2.49. The predicted molar refractivity (Wildman–Crippen MR) is 82.5 cm³/mol. The number of allylic oxidation sites excluding steroid dienone is 6. The first-order chi connectivity index (χ1) is 9.31. The summed E-state index contributed by atoms with van der Waals surface area (Å²) < 4.78 is 0. The topological polar surface area (TPSA) is 50.9 Å². The molecule has 2 heterocycles. The molecule has 3 N–H and O–H groups in total. The molecule has 0 saturated heterocycles. The van der Waals surface area contributed by atoms with Crippen molar-refractivity contribution in [1.82, 2.24) is 10.2 Å². The molecule has 1 aliphatic rings. The van der Waals surface area contributed by atoms with Gasteiger partial charge < -0.3 is 11.0 Å². The lowest BCUT2D eigenvalue weighted by Crippen LogP contribution is -2.43. The molecule has 0 unspecified atom stereocenters. The van der Waals surface area contributed by atoms with Crippen LogP contribution in [0.3, 0.4) is 0 Å². The van der Waals surface area contributed by atoms with Crippen LogP contribution < -0.4 is 16.6 Å². The van der Waals surface area contributed by atoms with Crippen molar-refractivity contribution in [2.75, 3.05) is 0 Å². The fraction of sp³-hybridized carbons (Fsp3) is 0. The largest absolute Gasteiger partial charge is 0.425 e. The van der Waals surface area contributed by atoms with Gasteiger partial charge in [-0.1, -0.05) is 36.8 Å². The van der Waals surface area contributed by atoms with Gasteiger partial charge >= 0.3 is 6.85 Å². The van der Waals surface area contributed by atoms with Crippen LogP contribution >= 0.6 is 0 Å². The first-order valence-electron chi connectivity index (χ1n) is 6.12. The van der Waals surface area contributed by atoms with Crippen LogP contribution in [0.15, 0.2) is 73.5 Å². The maximum Gasteiger partial charge on any atom is 0.333 e. The molecule has 94 valence electrons. The van der Waals surface area contributed by atoms with Crippen molar-refractivity contribution in [3.63, 3.8) is 0 Å². The molecule has 19 heavy (non-hydrogen) atoms. The summed E-state index contributed by atoms with van der Waals surface area (Å²) in [7, 11) is 0. The van der Waals surface area contributed by atoms with Gasteiger partial charge in [-0.05, 0) is 42.3 Å². The molecule has 3 nitrogen and oxygen atoms in total. The normalized spacial score (nSPS) is 14.2. The minimum absolute atomic E-state index is 0.116. The summed E-state index contributed by atoms with van der Waals surface area (Å²) in [5.41, 5.74) is 7.97. The Morgan fingerprint density at radius 3 is 2.95 bits per heavy atom. The first kappa shape index (κ1) is 13.0. The smallest absolute Gasteiger partial charge is 0.333 e. The van der Waals surface area contributed by atoms with Gasteiger partial charge in [0.1, 0.15) is 0 Å². The second-order valence-corrected chi connectivity index (χ2v) is 4.11. The highest BCUT2D eigenvalue weighted by Gasteiger charge is 2.15. The molecule has 1 aromatic heterocycles. The van der Waals surface area contributed by atoms with Crippen molar-refractivity contribution < 1.29 is 0 Å². The van der Waals surface area contributed by atoms with E-state index in [0.717, 1.165) is 16.9 Å². The van der Waals surface area contributed by atoms with E-state index in [1.807, 2.05) is 48.7 Å². The Morgan fingerprint density at radius 2 is 2.21 bits per heavy atom. The maximum absolute atomic E-state index is 5.28. The molecular formula is C15H16BN3. The molecule has 0 spiro atoms. The molecule has 0 saturated carbocycles. The Bertz CT molecular complexity index is 571. The van der Waals surface area contributed by atoms with Crippen LogP contribution in [0.4, 0.5) is 0 Å². The van der Waals surface area contributed by atoms with E-state index in [9.17, 15) is 0 Å². The summed E-state index contributed by atoms with van der Waals surface area (Å²) in [6.45, 7) is 4.12. The number of hydrogen-bond acceptors (Lipinski definition) is 3. The second kappa shape index (κ2) is 6.45. The van der Waals surface area contributed by atoms with Crippen LogP contribution in [0.2, 0.25) is 0 Å². The van der Waals surface area contributed by atoms with Crippen LogP contribution in [0.5, 0.6) is 0 Å². The average molecular weight is 249 g/mol. The number of nitrogens with zero attached hydrogens (tertiary/aromatic N) is 1. The average Bonchev–Trinajstić information content (AvgIpc) is 2.48. The van der Waals surface area contributed by atoms with Gasteiger partial charge in [0.15, 0.2) is 0 Å². The summed E-state index contributed by atoms with van der Waals surface area (Å²) in [6.07, 6.45) is 12.9. The molecule has 0 aromatic carbocycles. The van der Waals surface area contributed by atoms with Gasteiger partial charge in [-0.3, -0.25) is 4.98 Å². The minimum atomic E-state index is 0.116. The van der Waals surface area contributed by atoms with Crippen molar-refractivity contribution >= 4 is 18.0 Å². The molecule has 2 rings (SSSR count). The Kier molecular flexibility index (Phi) is 4.40. The highest BCUT2D eigenvalue weighted by atomic mass is 14.8. The molecule has 0 fully saturated rings. The number of pyridine rings is 1. The van der Waals surface area contributed by atoms with Crippen molar-refractivity contribution in [3.8, 4) is 0 Å². The van der Waals surface area contributed by atoms with E-state index in [0.29, 0.717) is 0 Å². The van der Waals surface area contributed by atoms with Gasteiger partial charge in [0.2, 0.25) is 0 Å². The molecule has 0 amide bonds. The lowest BCUT2D eigenvalue weighted by Gasteiger charge is -2.12. The number of nitrogens with one attached hydrogen (secondary N) is 1. The summed E-state index contributed by atoms with van der Waals surface area (Å²) in [4.78, 5) is 4.62. The zero-order chi connectivity index (χ0) is 13.5. The molecule has 1 aromatic rings. The van der Waals surface area contributed by atoms with Crippen LogP contribution in [0.1, 0.15) is 5.69 Å². The standard InChI is InChI=1S/C15H16BN3/c1-13(7-2-4-11-17)14-8-6-9-15(19-14)16-10-3-5-12-18-16/h2-12,18H,1,17H2/b7-2-,11-4-. The fourth-order valence-electron chi connectivity index (χ4n) is 1.75. The molecular weight excluding hydrogens is 233 g/mol. The number of rotatable bonds is 4. The summed E-state index contributed by atoms with van der Waals surface area (Å²) in [5.74, 6) is 2.07. The molecule has 1 aliphatic heterocycles. The van der Waals surface area contributed by atoms with Crippen LogP contribution in [0, 0.1) is 0 Å². The van der Waals surface area contributed by atoms with Gasteiger partial charge in [-0.2, -0.15) is 0 Å². The van der Waals surface area contributed by atoms with Gasteiger partial charge in [0.05, 0.1) is 5.69 Å². The van der Waals surface area contributed by atoms with Crippen molar-refractivity contribution in [3.05, 3.63) is 79.2 Å². The fourth-order valence-corrected chi connectivity index (χ4v) is 1.75. The molecule has 0 radical (unpaired) electrons. The van der Waals surface area contributed by atoms with E-state index in [1.54, 1.807) is 6.08 Å². The highest BCUT2D eigenvalue weighted by Crippen LogP contribution is 2.09. The summed E-state index contributed by atoms with van der Waals surface area (Å²) in [6, 6.07) is 5.94. The highest BCUT2D eigenvalue weighted by molar-refractivity contribution is 6.75. The van der Waals surface area contributed by atoms with Crippen molar-refractivity contribution in [2.24, 2.45) is 5.73 Å². The lowest BCUT2D eigenvalue weighted by atomic mass is 9.58. The van der Waals surface area contributed by atoms with E-state index >= 15 is 0 Å². The Balaban J connectivity index is 2.17. The molecule has 0 bridgehead atoms. The van der Waals surface area contributed by atoms with Crippen molar-refractivity contribution in [2.45, 2.75) is 0 Å². The molecule has 0 atom stereocenters. The Labute approximate surface area is 114 Å². The van der Waals surface area contributed by atoms with Crippen LogP contribution in [-0.2, 0) is 0 Å². The van der Waals surface area contributed by atoms with E-state index in [2.05, 4.69) is 22.8 Å².